The first-order valence-electron chi connectivity index (χ1n) is 5.20. The summed E-state index contributed by atoms with van der Waals surface area (Å²) >= 11 is 0. The van der Waals surface area contributed by atoms with E-state index < -0.39 is 11.9 Å². The van der Waals surface area contributed by atoms with Gasteiger partial charge in [-0.15, -0.1) is 5.10 Å². The topological polar surface area (TPSA) is 97.0 Å². The second-order valence-corrected chi connectivity index (χ2v) is 3.32. The third-order valence-electron chi connectivity index (χ3n) is 2.03. The predicted molar refractivity (Wildman–Crippen MR) is 57.2 cm³/mol. The van der Waals surface area contributed by atoms with E-state index in [2.05, 4.69) is 15.2 Å². The summed E-state index contributed by atoms with van der Waals surface area (Å²) in [5, 5.41) is 7.86. The van der Waals surface area contributed by atoms with Crippen molar-refractivity contribution in [1.29, 1.82) is 0 Å². The molecule has 0 unspecified atom stereocenters. The lowest BCUT2D eigenvalue weighted by Gasteiger charge is -2.11. The van der Waals surface area contributed by atoms with Crippen LogP contribution in [0.15, 0.2) is 5.10 Å². The molecule has 0 aliphatic carbocycles. The lowest BCUT2D eigenvalue weighted by Crippen LogP contribution is -2.42. The third kappa shape index (κ3) is 3.76. The van der Waals surface area contributed by atoms with Gasteiger partial charge in [0, 0.05) is 13.1 Å². The molecule has 0 radical (unpaired) electrons. The van der Waals surface area contributed by atoms with Crippen molar-refractivity contribution >= 4 is 17.8 Å². The molecule has 16 heavy (non-hydrogen) atoms. The molecule has 1 rings (SSSR count). The summed E-state index contributed by atoms with van der Waals surface area (Å²) < 4.78 is 4.50. The molecule has 1 saturated heterocycles. The van der Waals surface area contributed by atoms with Gasteiger partial charge in [0.15, 0.2) is 0 Å². The first-order valence-corrected chi connectivity index (χ1v) is 5.20. The van der Waals surface area contributed by atoms with Gasteiger partial charge in [0.1, 0.15) is 0 Å². The highest BCUT2D eigenvalue weighted by atomic mass is 16.5. The normalized spacial score (nSPS) is 16.1. The van der Waals surface area contributed by atoms with Crippen molar-refractivity contribution in [2.75, 3.05) is 19.7 Å². The number of rotatable bonds is 2. The smallest absolute Gasteiger partial charge is 0.397 e. The van der Waals surface area contributed by atoms with E-state index in [-0.39, 0.29) is 12.6 Å². The fourth-order valence-electron chi connectivity index (χ4n) is 1.34. The molecule has 1 fully saturated rings. The van der Waals surface area contributed by atoms with Crippen LogP contribution in [0, 0.1) is 0 Å². The van der Waals surface area contributed by atoms with E-state index in [1.165, 1.54) is 0 Å². The summed E-state index contributed by atoms with van der Waals surface area (Å²) in [4.78, 5) is 22.1. The average Bonchev–Trinajstić information content (AvgIpc) is 2.70. The zero-order valence-electron chi connectivity index (χ0n) is 9.23. The van der Waals surface area contributed by atoms with E-state index in [0.717, 1.165) is 25.9 Å². The van der Waals surface area contributed by atoms with Gasteiger partial charge in [-0.25, -0.2) is 4.79 Å². The summed E-state index contributed by atoms with van der Waals surface area (Å²) in [5.41, 5.74) is 5.46. The van der Waals surface area contributed by atoms with E-state index in [4.69, 9.17) is 5.73 Å². The number of nitrogens with one attached hydrogen (secondary N) is 1. The Labute approximate surface area is 93.6 Å². The van der Waals surface area contributed by atoms with Crippen molar-refractivity contribution in [3.8, 4) is 0 Å². The highest BCUT2D eigenvalue weighted by molar-refractivity contribution is 6.35. The van der Waals surface area contributed by atoms with Gasteiger partial charge in [0.25, 0.3) is 0 Å². The van der Waals surface area contributed by atoms with Gasteiger partial charge in [-0.05, 0) is 19.8 Å². The number of hydrogen-bond donors (Lipinski definition) is 2. The Morgan fingerprint density at radius 1 is 1.44 bits per heavy atom. The Hall–Kier alpha value is -1.79. The second kappa shape index (κ2) is 5.94. The molecule has 0 spiro atoms. The summed E-state index contributed by atoms with van der Waals surface area (Å²) in [7, 11) is 0. The second-order valence-electron chi connectivity index (χ2n) is 3.32. The molecule has 1 aliphatic rings. The van der Waals surface area contributed by atoms with E-state index >= 15 is 0 Å². The number of ether oxygens (including phenoxy) is 1. The maximum Gasteiger partial charge on any atom is 0.397 e. The van der Waals surface area contributed by atoms with Crippen molar-refractivity contribution in [2.24, 2.45) is 10.8 Å². The lowest BCUT2D eigenvalue weighted by molar-refractivity contribution is -0.153. The van der Waals surface area contributed by atoms with E-state index in [9.17, 15) is 9.59 Å². The minimum Gasteiger partial charge on any atom is -0.459 e. The standard InChI is InChI=1S/C9H16N4O3/c1-2-16-8(15)7(14)11-9(10)12-13-5-3-4-6-13/h2-6H2,1H3,(H3,10,11,12,14). The number of carbonyl (C=O) groups excluding carboxylic acids is 2. The molecule has 1 amide bonds. The van der Waals surface area contributed by atoms with E-state index in [1.54, 1.807) is 11.9 Å². The highest BCUT2D eigenvalue weighted by Gasteiger charge is 2.16. The van der Waals surface area contributed by atoms with Crippen LogP contribution in [0.5, 0.6) is 0 Å². The van der Waals surface area contributed by atoms with Gasteiger partial charge in [-0.1, -0.05) is 0 Å². The van der Waals surface area contributed by atoms with Gasteiger partial charge in [-0.3, -0.25) is 15.1 Å². The number of esters is 1. The number of hydrogen-bond acceptors (Lipinski definition) is 5. The number of nitrogens with two attached hydrogens (primary N) is 1. The Kier molecular flexibility index (Phi) is 4.56. The van der Waals surface area contributed by atoms with Crippen LogP contribution in [0.25, 0.3) is 0 Å². The quantitative estimate of drug-likeness (QED) is 0.273. The summed E-state index contributed by atoms with van der Waals surface area (Å²) in [6.07, 6.45) is 2.12. The molecule has 0 aromatic heterocycles. The largest absolute Gasteiger partial charge is 0.459 e. The summed E-state index contributed by atoms with van der Waals surface area (Å²) in [5.74, 6) is -1.94. The van der Waals surface area contributed by atoms with Gasteiger partial charge in [0.2, 0.25) is 5.96 Å². The van der Waals surface area contributed by atoms with Crippen LogP contribution in [-0.2, 0) is 14.3 Å². The fraction of sp³-hybridized carbons (Fsp3) is 0.667. The number of guanidine groups is 1. The molecule has 0 aromatic carbocycles. The first-order chi connectivity index (χ1) is 7.63. The minimum absolute atomic E-state index is 0.0834. The van der Waals surface area contributed by atoms with Gasteiger partial charge >= 0.3 is 11.9 Å². The Bertz CT molecular complexity index is 297. The third-order valence-corrected chi connectivity index (χ3v) is 2.03. The number of hydrazone groups is 1. The van der Waals surface area contributed by atoms with Crippen molar-refractivity contribution in [1.82, 2.24) is 10.3 Å². The predicted octanol–water partition coefficient (Wildman–Crippen LogP) is -1.01. The minimum atomic E-state index is -0.956. The molecule has 1 heterocycles. The summed E-state index contributed by atoms with van der Waals surface area (Å²) in [6.45, 7) is 3.40. The highest BCUT2D eigenvalue weighted by Crippen LogP contribution is 2.06. The number of carbonyl (C=O) groups is 2. The first kappa shape index (κ1) is 12.3. The Balaban J connectivity index is 2.40. The van der Waals surface area contributed by atoms with Crippen LogP contribution < -0.4 is 11.1 Å². The summed E-state index contributed by atoms with van der Waals surface area (Å²) in [6, 6.07) is 0. The SMILES string of the molecule is CCOC(=O)C(=O)NC(N)=NN1CCCC1. The molecule has 7 heteroatoms. The lowest BCUT2D eigenvalue weighted by atomic mass is 10.4. The van der Waals surface area contributed by atoms with E-state index in [1.807, 2.05) is 0 Å². The number of amides is 1. The Morgan fingerprint density at radius 3 is 2.62 bits per heavy atom. The van der Waals surface area contributed by atoms with Crippen LogP contribution in [0.2, 0.25) is 0 Å². The molecule has 0 atom stereocenters. The van der Waals surface area contributed by atoms with Gasteiger partial charge < -0.3 is 10.5 Å². The average molecular weight is 228 g/mol. The molecule has 0 aromatic rings. The van der Waals surface area contributed by atoms with Gasteiger partial charge in [0.05, 0.1) is 6.61 Å². The maximum atomic E-state index is 11.2. The van der Waals surface area contributed by atoms with Crippen molar-refractivity contribution in [3.05, 3.63) is 0 Å². The van der Waals surface area contributed by atoms with Crippen LogP contribution in [0.4, 0.5) is 0 Å². The van der Waals surface area contributed by atoms with Crippen LogP contribution >= 0.6 is 0 Å². The molecule has 7 nitrogen and oxygen atoms in total. The molecule has 0 bridgehead atoms. The molecule has 3 N–H and O–H groups in total. The fourth-order valence-corrected chi connectivity index (χ4v) is 1.34. The van der Waals surface area contributed by atoms with Gasteiger partial charge in [-0.2, -0.15) is 0 Å². The monoisotopic (exact) mass is 228 g/mol. The molecule has 0 saturated carbocycles. The number of nitrogens with zero attached hydrogens (tertiary/aromatic N) is 2. The van der Waals surface area contributed by atoms with Crippen molar-refractivity contribution < 1.29 is 14.3 Å². The molecule has 90 valence electrons. The molecule has 1 aliphatic heterocycles. The van der Waals surface area contributed by atoms with Crippen molar-refractivity contribution in [2.45, 2.75) is 19.8 Å². The zero-order valence-corrected chi connectivity index (χ0v) is 9.23. The Morgan fingerprint density at radius 2 is 2.06 bits per heavy atom. The van der Waals surface area contributed by atoms with Crippen LogP contribution in [-0.4, -0.2) is 42.5 Å². The van der Waals surface area contributed by atoms with Crippen LogP contribution in [0.1, 0.15) is 19.8 Å². The maximum absolute atomic E-state index is 11.2. The van der Waals surface area contributed by atoms with E-state index in [0.29, 0.717) is 0 Å². The zero-order chi connectivity index (χ0) is 12.0. The van der Waals surface area contributed by atoms with Crippen molar-refractivity contribution in [3.63, 3.8) is 0 Å². The van der Waals surface area contributed by atoms with Crippen LogP contribution in [0.3, 0.4) is 0 Å². The molecular weight excluding hydrogens is 212 g/mol. The molecular formula is C9H16N4O3.